The van der Waals surface area contributed by atoms with Crippen LogP contribution in [0.4, 0.5) is 0 Å². The number of carbonyl (C=O) groups excluding carboxylic acids is 2. The molecule has 1 aliphatic rings. The first-order chi connectivity index (χ1) is 11.0. The maximum atomic E-state index is 12.1. The highest BCUT2D eigenvalue weighted by Gasteiger charge is 2.28. The molecule has 0 spiro atoms. The number of aromatic nitrogens is 2. The van der Waals surface area contributed by atoms with Crippen LogP contribution in [0.25, 0.3) is 11.5 Å². The van der Waals surface area contributed by atoms with Crippen molar-refractivity contribution in [1.82, 2.24) is 20.8 Å². The summed E-state index contributed by atoms with van der Waals surface area (Å²) in [6.07, 6.45) is 0.870. The van der Waals surface area contributed by atoms with Crippen molar-refractivity contribution in [2.75, 3.05) is 0 Å². The number of nitrogens with one attached hydrogen (secondary N) is 2. The van der Waals surface area contributed by atoms with Crippen LogP contribution in [0.2, 0.25) is 5.02 Å². The van der Waals surface area contributed by atoms with Crippen molar-refractivity contribution in [2.24, 2.45) is 0 Å². The van der Waals surface area contributed by atoms with E-state index in [0.29, 0.717) is 29.6 Å². The Kier molecular flexibility index (Phi) is 4.29. The topological polar surface area (TPSA) is 97.1 Å². The monoisotopic (exact) mass is 334 g/mol. The van der Waals surface area contributed by atoms with Gasteiger partial charge in [-0.25, -0.2) is 0 Å². The number of rotatable bonds is 4. The maximum Gasteiger partial charge on any atom is 0.257 e. The lowest BCUT2D eigenvalue weighted by atomic mass is 10.2. The van der Waals surface area contributed by atoms with Gasteiger partial charge in [0, 0.05) is 17.0 Å². The third-order valence-electron chi connectivity index (χ3n) is 3.59. The molecule has 2 aromatic rings. The van der Waals surface area contributed by atoms with Crippen LogP contribution in [0.3, 0.4) is 0 Å². The van der Waals surface area contributed by atoms with Gasteiger partial charge in [0.15, 0.2) is 5.82 Å². The Balaban J connectivity index is 1.66. The van der Waals surface area contributed by atoms with Crippen LogP contribution in [0.1, 0.15) is 31.6 Å². The molecule has 120 valence electrons. The summed E-state index contributed by atoms with van der Waals surface area (Å²) in [6.45, 7) is 1.76. The van der Waals surface area contributed by atoms with Gasteiger partial charge in [-0.3, -0.25) is 9.59 Å². The fraction of sp³-hybridized carbons (Fsp3) is 0.333. The predicted molar refractivity (Wildman–Crippen MR) is 82.5 cm³/mol. The van der Waals surface area contributed by atoms with Crippen LogP contribution in [-0.4, -0.2) is 28.0 Å². The molecule has 1 saturated heterocycles. The van der Waals surface area contributed by atoms with E-state index in [0.717, 1.165) is 5.56 Å². The van der Waals surface area contributed by atoms with Gasteiger partial charge in [0.1, 0.15) is 6.04 Å². The predicted octanol–water partition coefficient (Wildman–Crippen LogP) is 1.85. The third-order valence-corrected chi connectivity index (χ3v) is 3.84. The molecule has 3 rings (SSSR count). The molecule has 1 aliphatic heterocycles. The first kappa shape index (κ1) is 15.5. The Morgan fingerprint density at radius 3 is 2.83 bits per heavy atom. The van der Waals surface area contributed by atoms with Gasteiger partial charge >= 0.3 is 0 Å². The Morgan fingerprint density at radius 1 is 1.43 bits per heavy atom. The molecule has 7 nitrogen and oxygen atoms in total. The van der Waals surface area contributed by atoms with E-state index in [9.17, 15) is 9.59 Å². The second-order valence-corrected chi connectivity index (χ2v) is 5.79. The Morgan fingerprint density at radius 2 is 2.17 bits per heavy atom. The fourth-order valence-electron chi connectivity index (χ4n) is 2.31. The highest BCUT2D eigenvalue weighted by atomic mass is 35.5. The largest absolute Gasteiger partial charge is 0.344 e. The minimum atomic E-state index is -0.493. The molecule has 1 fully saturated rings. The highest BCUT2D eigenvalue weighted by molar-refractivity contribution is 6.30. The van der Waals surface area contributed by atoms with Crippen LogP contribution >= 0.6 is 11.6 Å². The van der Waals surface area contributed by atoms with Crippen molar-refractivity contribution in [2.45, 2.75) is 31.8 Å². The molecule has 0 radical (unpaired) electrons. The zero-order chi connectivity index (χ0) is 16.4. The summed E-state index contributed by atoms with van der Waals surface area (Å²) >= 11 is 5.84. The summed E-state index contributed by atoms with van der Waals surface area (Å²) in [5, 5.41) is 9.90. The lowest BCUT2D eigenvalue weighted by molar-refractivity contribution is -0.126. The zero-order valence-electron chi connectivity index (χ0n) is 12.4. The molecule has 2 atom stereocenters. The molecular weight excluding hydrogens is 320 g/mol. The summed E-state index contributed by atoms with van der Waals surface area (Å²) in [4.78, 5) is 27.5. The van der Waals surface area contributed by atoms with E-state index in [1.807, 2.05) is 0 Å². The normalized spacial score (nSPS) is 18.5. The number of hydrogen-bond donors (Lipinski definition) is 2. The summed E-state index contributed by atoms with van der Waals surface area (Å²) < 4.78 is 5.21. The quantitative estimate of drug-likeness (QED) is 0.889. The molecule has 0 aliphatic carbocycles. The second kappa shape index (κ2) is 6.37. The first-order valence-corrected chi connectivity index (χ1v) is 7.60. The summed E-state index contributed by atoms with van der Waals surface area (Å²) in [5.41, 5.74) is 0.745. The van der Waals surface area contributed by atoms with E-state index in [1.54, 1.807) is 31.2 Å². The average Bonchev–Trinajstić information content (AvgIpc) is 3.17. The molecule has 0 saturated carbocycles. The number of carbonyl (C=O) groups is 2. The summed E-state index contributed by atoms with van der Waals surface area (Å²) in [7, 11) is 0. The minimum absolute atomic E-state index is 0.109. The highest BCUT2D eigenvalue weighted by Crippen LogP contribution is 2.21. The molecule has 0 bridgehead atoms. The molecular formula is C15H15ClN4O3. The van der Waals surface area contributed by atoms with Crippen LogP contribution < -0.4 is 10.6 Å². The van der Waals surface area contributed by atoms with Crippen molar-refractivity contribution in [3.8, 4) is 11.5 Å². The van der Waals surface area contributed by atoms with Gasteiger partial charge in [-0.2, -0.15) is 4.98 Å². The Labute approximate surface area is 137 Å². The van der Waals surface area contributed by atoms with Gasteiger partial charge in [-0.15, -0.1) is 0 Å². The number of benzene rings is 1. The Bertz CT molecular complexity index is 729. The number of amides is 2. The SMILES string of the molecule is C[C@H](NC(=O)[C@H]1CCC(=O)N1)c1noc(-c2ccc(Cl)cc2)n1. The number of nitrogens with zero attached hydrogens (tertiary/aromatic N) is 2. The molecule has 8 heteroatoms. The van der Waals surface area contributed by atoms with Gasteiger partial charge < -0.3 is 15.2 Å². The second-order valence-electron chi connectivity index (χ2n) is 5.35. The van der Waals surface area contributed by atoms with Crippen molar-refractivity contribution in [1.29, 1.82) is 0 Å². The van der Waals surface area contributed by atoms with Crippen LogP contribution in [0.5, 0.6) is 0 Å². The first-order valence-electron chi connectivity index (χ1n) is 7.22. The van der Waals surface area contributed by atoms with Crippen LogP contribution in [0, 0.1) is 0 Å². The minimum Gasteiger partial charge on any atom is -0.344 e. The van der Waals surface area contributed by atoms with Gasteiger partial charge in [-0.05, 0) is 37.6 Å². The van der Waals surface area contributed by atoms with E-state index in [2.05, 4.69) is 20.8 Å². The van der Waals surface area contributed by atoms with E-state index in [1.165, 1.54) is 0 Å². The Hall–Kier alpha value is -2.41. The van der Waals surface area contributed by atoms with Crippen LogP contribution in [0.15, 0.2) is 28.8 Å². The molecule has 2 heterocycles. The van der Waals surface area contributed by atoms with Crippen molar-refractivity contribution >= 4 is 23.4 Å². The van der Waals surface area contributed by atoms with Crippen molar-refractivity contribution in [3.63, 3.8) is 0 Å². The lowest BCUT2D eigenvalue weighted by Gasteiger charge is -2.14. The molecule has 1 aromatic heterocycles. The lowest BCUT2D eigenvalue weighted by Crippen LogP contribution is -2.42. The maximum absolute atomic E-state index is 12.1. The summed E-state index contributed by atoms with van der Waals surface area (Å²) in [6, 6.07) is 6.09. The van der Waals surface area contributed by atoms with Crippen molar-refractivity contribution in [3.05, 3.63) is 35.1 Å². The molecule has 1 aromatic carbocycles. The smallest absolute Gasteiger partial charge is 0.257 e. The van der Waals surface area contributed by atoms with Gasteiger partial charge in [0.2, 0.25) is 11.8 Å². The van der Waals surface area contributed by atoms with E-state index < -0.39 is 12.1 Å². The third kappa shape index (κ3) is 3.50. The molecule has 2 amide bonds. The van der Waals surface area contributed by atoms with E-state index >= 15 is 0 Å². The fourth-order valence-corrected chi connectivity index (χ4v) is 2.44. The molecule has 0 unspecified atom stereocenters. The standard InChI is InChI=1S/C15H15ClN4O3/c1-8(17-14(22)11-6-7-12(21)18-11)13-19-15(23-20-13)9-2-4-10(16)5-3-9/h2-5,8,11H,6-7H2,1H3,(H,17,22)(H,18,21)/t8-,11+/m0/s1. The van der Waals surface area contributed by atoms with Gasteiger partial charge in [0.05, 0.1) is 6.04 Å². The number of hydrogen-bond acceptors (Lipinski definition) is 5. The van der Waals surface area contributed by atoms with E-state index in [4.69, 9.17) is 16.1 Å². The average molecular weight is 335 g/mol. The van der Waals surface area contributed by atoms with Crippen LogP contribution in [-0.2, 0) is 9.59 Å². The van der Waals surface area contributed by atoms with Crippen molar-refractivity contribution < 1.29 is 14.1 Å². The number of halogens is 1. The zero-order valence-corrected chi connectivity index (χ0v) is 13.1. The van der Waals surface area contributed by atoms with E-state index in [-0.39, 0.29) is 11.8 Å². The van der Waals surface area contributed by atoms with Gasteiger partial charge in [-0.1, -0.05) is 16.8 Å². The molecule has 2 N–H and O–H groups in total. The summed E-state index contributed by atoms with van der Waals surface area (Å²) in [5.74, 6) is 0.364. The molecule has 23 heavy (non-hydrogen) atoms. The van der Waals surface area contributed by atoms with Gasteiger partial charge in [0.25, 0.3) is 5.89 Å².